The molecule has 90 valence electrons. The van der Waals surface area contributed by atoms with E-state index in [1.807, 2.05) is 30.3 Å². The standard InChI is InChI=1S/C15H12FNS/c16-15-7-3-4-12(8-15)10-18-11-14-6-2-1-5-13(14)9-17/h1-8H,10-11H2. The minimum atomic E-state index is -0.203. The minimum Gasteiger partial charge on any atom is -0.207 e. The summed E-state index contributed by atoms with van der Waals surface area (Å²) in [7, 11) is 0. The molecule has 0 unspecified atom stereocenters. The number of rotatable bonds is 4. The van der Waals surface area contributed by atoms with E-state index in [1.165, 1.54) is 6.07 Å². The highest BCUT2D eigenvalue weighted by Crippen LogP contribution is 2.20. The maximum Gasteiger partial charge on any atom is 0.123 e. The van der Waals surface area contributed by atoms with Crippen molar-refractivity contribution in [1.82, 2.24) is 0 Å². The van der Waals surface area contributed by atoms with Crippen LogP contribution in [0.2, 0.25) is 0 Å². The number of nitrogens with zero attached hydrogens (tertiary/aromatic N) is 1. The van der Waals surface area contributed by atoms with E-state index >= 15 is 0 Å². The fourth-order valence-electron chi connectivity index (χ4n) is 1.66. The van der Waals surface area contributed by atoms with Crippen LogP contribution in [0, 0.1) is 17.1 Å². The van der Waals surface area contributed by atoms with Crippen molar-refractivity contribution >= 4 is 11.8 Å². The average molecular weight is 257 g/mol. The van der Waals surface area contributed by atoms with Crippen molar-refractivity contribution in [3.05, 3.63) is 71.0 Å². The second kappa shape index (κ2) is 6.23. The minimum absolute atomic E-state index is 0.203. The normalized spacial score (nSPS) is 10.0. The molecule has 2 aromatic rings. The molecule has 2 rings (SSSR count). The van der Waals surface area contributed by atoms with Crippen LogP contribution in [0.4, 0.5) is 4.39 Å². The smallest absolute Gasteiger partial charge is 0.123 e. The van der Waals surface area contributed by atoms with Gasteiger partial charge < -0.3 is 0 Å². The van der Waals surface area contributed by atoms with Crippen molar-refractivity contribution in [3.63, 3.8) is 0 Å². The summed E-state index contributed by atoms with van der Waals surface area (Å²) in [4.78, 5) is 0. The predicted octanol–water partition coefficient (Wildman–Crippen LogP) is 4.13. The lowest BCUT2D eigenvalue weighted by Crippen LogP contribution is -1.88. The van der Waals surface area contributed by atoms with E-state index in [2.05, 4.69) is 6.07 Å². The van der Waals surface area contributed by atoms with Crippen molar-refractivity contribution in [1.29, 1.82) is 5.26 Å². The molecule has 0 saturated carbocycles. The van der Waals surface area contributed by atoms with Crippen LogP contribution in [0.5, 0.6) is 0 Å². The Labute approximate surface area is 110 Å². The number of hydrogen-bond acceptors (Lipinski definition) is 2. The molecule has 2 aromatic carbocycles. The molecule has 18 heavy (non-hydrogen) atoms. The molecule has 0 saturated heterocycles. The summed E-state index contributed by atoms with van der Waals surface area (Å²) in [6, 6.07) is 16.4. The zero-order chi connectivity index (χ0) is 12.8. The first kappa shape index (κ1) is 12.7. The van der Waals surface area contributed by atoms with Gasteiger partial charge in [-0.2, -0.15) is 17.0 Å². The molecule has 0 radical (unpaired) electrons. The third kappa shape index (κ3) is 3.35. The topological polar surface area (TPSA) is 23.8 Å². The van der Waals surface area contributed by atoms with Crippen LogP contribution >= 0.6 is 11.8 Å². The molecule has 0 spiro atoms. The molecule has 0 bridgehead atoms. The first-order valence-electron chi connectivity index (χ1n) is 5.60. The van der Waals surface area contributed by atoms with Crippen LogP contribution in [0.3, 0.4) is 0 Å². The monoisotopic (exact) mass is 257 g/mol. The van der Waals surface area contributed by atoms with Gasteiger partial charge in [-0.3, -0.25) is 0 Å². The zero-order valence-electron chi connectivity index (χ0n) is 9.77. The second-order valence-electron chi connectivity index (χ2n) is 3.89. The largest absolute Gasteiger partial charge is 0.207 e. The van der Waals surface area contributed by atoms with Gasteiger partial charge in [0.2, 0.25) is 0 Å². The van der Waals surface area contributed by atoms with E-state index in [4.69, 9.17) is 5.26 Å². The number of thioether (sulfide) groups is 1. The van der Waals surface area contributed by atoms with Crippen molar-refractivity contribution < 1.29 is 4.39 Å². The Kier molecular flexibility index (Phi) is 4.38. The predicted molar refractivity (Wildman–Crippen MR) is 72.6 cm³/mol. The van der Waals surface area contributed by atoms with E-state index in [1.54, 1.807) is 23.9 Å². The highest BCUT2D eigenvalue weighted by Gasteiger charge is 2.01. The van der Waals surface area contributed by atoms with Gasteiger partial charge in [-0.05, 0) is 29.3 Å². The Bertz CT molecular complexity index is 575. The van der Waals surface area contributed by atoms with Gasteiger partial charge in [0, 0.05) is 11.5 Å². The van der Waals surface area contributed by atoms with Crippen LogP contribution < -0.4 is 0 Å². The van der Waals surface area contributed by atoms with Crippen LogP contribution in [0.25, 0.3) is 0 Å². The van der Waals surface area contributed by atoms with Gasteiger partial charge in [0.15, 0.2) is 0 Å². The maximum absolute atomic E-state index is 13.0. The zero-order valence-corrected chi connectivity index (χ0v) is 10.6. The molecule has 1 nitrogen and oxygen atoms in total. The van der Waals surface area contributed by atoms with E-state index in [0.29, 0.717) is 5.56 Å². The van der Waals surface area contributed by atoms with Crippen molar-refractivity contribution in [3.8, 4) is 6.07 Å². The second-order valence-corrected chi connectivity index (χ2v) is 4.88. The van der Waals surface area contributed by atoms with E-state index in [0.717, 1.165) is 22.6 Å². The first-order valence-corrected chi connectivity index (χ1v) is 6.75. The number of hydrogen-bond donors (Lipinski definition) is 0. The van der Waals surface area contributed by atoms with Crippen molar-refractivity contribution in [2.45, 2.75) is 11.5 Å². The summed E-state index contributed by atoms with van der Waals surface area (Å²) in [6.45, 7) is 0. The molecule has 0 aliphatic rings. The van der Waals surface area contributed by atoms with Crippen LogP contribution in [0.15, 0.2) is 48.5 Å². The molecule has 0 N–H and O–H groups in total. The molecule has 0 fully saturated rings. The lowest BCUT2D eigenvalue weighted by atomic mass is 10.1. The fraction of sp³-hybridized carbons (Fsp3) is 0.133. The van der Waals surface area contributed by atoms with Crippen LogP contribution in [-0.2, 0) is 11.5 Å². The van der Waals surface area contributed by atoms with Gasteiger partial charge in [-0.1, -0.05) is 30.3 Å². The molecule has 0 aliphatic heterocycles. The molecule has 3 heteroatoms. The first-order chi connectivity index (χ1) is 8.79. The summed E-state index contributed by atoms with van der Waals surface area (Å²) < 4.78 is 13.0. The van der Waals surface area contributed by atoms with Gasteiger partial charge in [-0.25, -0.2) is 4.39 Å². The summed E-state index contributed by atoms with van der Waals surface area (Å²) in [5.74, 6) is 1.31. The van der Waals surface area contributed by atoms with Crippen molar-refractivity contribution in [2.24, 2.45) is 0 Å². The third-order valence-corrected chi connectivity index (χ3v) is 3.61. The van der Waals surface area contributed by atoms with Crippen LogP contribution in [0.1, 0.15) is 16.7 Å². The lowest BCUT2D eigenvalue weighted by molar-refractivity contribution is 0.626. The molecular formula is C15H12FNS. The Hall–Kier alpha value is -1.79. The van der Waals surface area contributed by atoms with E-state index in [-0.39, 0.29) is 5.82 Å². The number of benzene rings is 2. The van der Waals surface area contributed by atoms with Gasteiger partial charge in [-0.15, -0.1) is 0 Å². The fourth-order valence-corrected chi connectivity index (χ4v) is 2.65. The summed E-state index contributed by atoms with van der Waals surface area (Å²) in [5.41, 5.74) is 2.71. The number of halogens is 1. The van der Waals surface area contributed by atoms with Gasteiger partial charge in [0.1, 0.15) is 5.82 Å². The average Bonchev–Trinajstić information content (AvgIpc) is 2.39. The van der Waals surface area contributed by atoms with Gasteiger partial charge in [0.05, 0.1) is 11.6 Å². The lowest BCUT2D eigenvalue weighted by Gasteiger charge is -2.04. The third-order valence-electron chi connectivity index (χ3n) is 2.55. The van der Waals surface area contributed by atoms with E-state index in [9.17, 15) is 4.39 Å². The SMILES string of the molecule is N#Cc1ccccc1CSCc1cccc(F)c1. The van der Waals surface area contributed by atoms with E-state index < -0.39 is 0 Å². The summed E-state index contributed by atoms with van der Waals surface area (Å²) >= 11 is 1.68. The molecule has 0 aromatic heterocycles. The van der Waals surface area contributed by atoms with Crippen molar-refractivity contribution in [2.75, 3.05) is 0 Å². The number of nitriles is 1. The molecule has 0 atom stereocenters. The molecular weight excluding hydrogens is 245 g/mol. The van der Waals surface area contributed by atoms with Gasteiger partial charge in [0.25, 0.3) is 0 Å². The van der Waals surface area contributed by atoms with Crippen LogP contribution in [-0.4, -0.2) is 0 Å². The Balaban J connectivity index is 1.95. The summed E-state index contributed by atoms with van der Waals surface area (Å²) in [6.07, 6.45) is 0. The molecule has 0 heterocycles. The molecule has 0 aliphatic carbocycles. The maximum atomic E-state index is 13.0. The Morgan fingerprint density at radius 3 is 2.67 bits per heavy atom. The molecule has 0 amide bonds. The Morgan fingerprint density at radius 2 is 1.89 bits per heavy atom. The highest BCUT2D eigenvalue weighted by atomic mass is 32.2. The highest BCUT2D eigenvalue weighted by molar-refractivity contribution is 7.97. The quantitative estimate of drug-likeness (QED) is 0.822. The Morgan fingerprint density at radius 1 is 1.06 bits per heavy atom. The summed E-state index contributed by atoms with van der Waals surface area (Å²) in [5, 5.41) is 8.96. The van der Waals surface area contributed by atoms with Gasteiger partial charge >= 0.3 is 0 Å².